The number of hydrogen-bond donors (Lipinski definition) is 1. The summed E-state index contributed by atoms with van der Waals surface area (Å²) < 4.78 is 40.1. The molecule has 1 amide bonds. The molecule has 1 aromatic heterocycles. The SMILES string of the molecule is COC(=O)C(CC[As](C)C)NC(=O)c1cc2c(cnn2CC(C)C)cc1Oc1ccc(F)cc1F. The van der Waals surface area contributed by atoms with Crippen molar-refractivity contribution < 1.29 is 27.8 Å². The summed E-state index contributed by atoms with van der Waals surface area (Å²) in [6, 6.07) is 5.31. The third-order valence-electron chi connectivity index (χ3n) is 5.30. The number of nitrogens with one attached hydrogen (secondary N) is 1. The fraction of sp³-hybridized carbons (Fsp3) is 0.400. The van der Waals surface area contributed by atoms with E-state index < -0.39 is 44.2 Å². The van der Waals surface area contributed by atoms with Gasteiger partial charge in [-0.15, -0.1) is 0 Å². The summed E-state index contributed by atoms with van der Waals surface area (Å²) in [4.78, 5) is 25.7. The van der Waals surface area contributed by atoms with Gasteiger partial charge in [-0.3, -0.25) is 0 Å². The average molecular weight is 549 g/mol. The third-order valence-corrected chi connectivity index (χ3v) is 7.71. The Balaban J connectivity index is 2.03. The van der Waals surface area contributed by atoms with E-state index in [1.54, 1.807) is 23.0 Å². The van der Waals surface area contributed by atoms with Gasteiger partial charge in [-0.1, -0.05) is 0 Å². The Morgan fingerprint density at radius 1 is 1.14 bits per heavy atom. The van der Waals surface area contributed by atoms with Crippen molar-refractivity contribution in [3.8, 4) is 11.5 Å². The van der Waals surface area contributed by atoms with Gasteiger partial charge >= 0.3 is 204 Å². The van der Waals surface area contributed by atoms with Crippen molar-refractivity contribution in [1.29, 1.82) is 0 Å². The van der Waals surface area contributed by atoms with Gasteiger partial charge in [0, 0.05) is 0 Å². The van der Waals surface area contributed by atoms with Crippen LogP contribution in [0.3, 0.4) is 0 Å². The summed E-state index contributed by atoms with van der Waals surface area (Å²) in [5.41, 5.74) is 5.12. The number of ether oxygens (including phenoxy) is 2. The van der Waals surface area contributed by atoms with Crippen molar-refractivity contribution in [1.82, 2.24) is 15.1 Å². The van der Waals surface area contributed by atoms with E-state index >= 15 is 0 Å². The van der Waals surface area contributed by atoms with Crippen molar-refractivity contribution in [3.63, 3.8) is 0 Å². The average Bonchev–Trinajstić information content (AvgIpc) is 3.17. The van der Waals surface area contributed by atoms with E-state index in [0.717, 1.165) is 17.3 Å². The molecular formula is C25H30AsF2N3O4. The van der Waals surface area contributed by atoms with Crippen LogP contribution in [0.2, 0.25) is 16.6 Å². The minimum atomic E-state index is -1.04. The predicted molar refractivity (Wildman–Crippen MR) is 131 cm³/mol. The fourth-order valence-electron chi connectivity index (χ4n) is 3.55. The monoisotopic (exact) mass is 549 g/mol. The molecule has 7 nitrogen and oxygen atoms in total. The molecular weight excluding hydrogens is 519 g/mol. The number of halogens is 2. The van der Waals surface area contributed by atoms with Crippen molar-refractivity contribution in [2.45, 2.75) is 49.5 Å². The number of amides is 1. The molecule has 0 radical (unpaired) electrons. The molecule has 0 aliphatic heterocycles. The van der Waals surface area contributed by atoms with Crippen molar-refractivity contribution in [3.05, 3.63) is 53.7 Å². The summed E-state index contributed by atoms with van der Waals surface area (Å²) in [5, 5.41) is 8.69. The number of fused-ring (bicyclic) bond motifs is 1. The number of nitrogens with zero attached hydrogens (tertiary/aromatic N) is 2. The van der Waals surface area contributed by atoms with Gasteiger partial charge in [0.05, 0.1) is 0 Å². The van der Waals surface area contributed by atoms with Crippen LogP contribution in [-0.4, -0.2) is 49.5 Å². The van der Waals surface area contributed by atoms with Gasteiger partial charge in [0.25, 0.3) is 0 Å². The summed E-state index contributed by atoms with van der Waals surface area (Å²) in [7, 11) is 1.28. The molecule has 1 atom stereocenters. The molecule has 0 saturated carbocycles. The van der Waals surface area contributed by atoms with Crippen LogP contribution in [0.25, 0.3) is 10.9 Å². The third kappa shape index (κ3) is 6.81. The molecule has 1 heterocycles. The molecule has 188 valence electrons. The van der Waals surface area contributed by atoms with Crippen LogP contribution < -0.4 is 10.1 Å². The van der Waals surface area contributed by atoms with Gasteiger partial charge in [-0.25, -0.2) is 4.39 Å². The predicted octanol–water partition coefficient (Wildman–Crippen LogP) is 5.18. The molecule has 1 unspecified atom stereocenters. The molecule has 3 rings (SSSR count). The first kappa shape index (κ1) is 26.7. The van der Waals surface area contributed by atoms with Crippen molar-refractivity contribution >= 4 is 37.4 Å². The Morgan fingerprint density at radius 3 is 2.51 bits per heavy atom. The van der Waals surface area contributed by atoms with E-state index in [9.17, 15) is 18.4 Å². The van der Waals surface area contributed by atoms with Crippen LogP contribution in [0.4, 0.5) is 8.78 Å². The summed E-state index contributed by atoms with van der Waals surface area (Å²) in [6.07, 6.45) is 2.10. The van der Waals surface area contributed by atoms with Crippen LogP contribution >= 0.6 is 0 Å². The second-order valence-electron chi connectivity index (χ2n) is 8.95. The van der Waals surface area contributed by atoms with E-state index in [1.165, 1.54) is 7.11 Å². The van der Waals surface area contributed by atoms with E-state index in [1.807, 2.05) is 0 Å². The fourth-order valence-corrected chi connectivity index (χ4v) is 5.17. The summed E-state index contributed by atoms with van der Waals surface area (Å²) >= 11 is -1.04. The number of rotatable bonds is 10. The maximum atomic E-state index is 14.3. The van der Waals surface area contributed by atoms with E-state index in [4.69, 9.17) is 9.47 Å². The van der Waals surface area contributed by atoms with Crippen molar-refractivity contribution in [2.24, 2.45) is 5.92 Å². The zero-order valence-electron chi connectivity index (χ0n) is 20.5. The van der Waals surface area contributed by atoms with Crippen LogP contribution in [-0.2, 0) is 16.1 Å². The molecule has 0 bridgehead atoms. The number of benzene rings is 2. The van der Waals surface area contributed by atoms with Gasteiger partial charge < -0.3 is 0 Å². The number of esters is 1. The Labute approximate surface area is 208 Å². The molecule has 1 N–H and O–H groups in total. The van der Waals surface area contributed by atoms with Crippen molar-refractivity contribution in [2.75, 3.05) is 7.11 Å². The molecule has 35 heavy (non-hydrogen) atoms. The Bertz CT molecular complexity index is 1210. The Morgan fingerprint density at radius 2 is 1.89 bits per heavy atom. The van der Waals surface area contributed by atoms with Gasteiger partial charge in [0.1, 0.15) is 0 Å². The van der Waals surface area contributed by atoms with Gasteiger partial charge in [-0.05, 0) is 0 Å². The molecule has 3 aromatic rings. The standard InChI is InChI=1S/C25H30AsF2N3O4/c1-15(2)14-31-21-12-18(24(32)30-20(25(33)34-5)8-9-26(3)4)23(10-16(21)13-29-31)35-22-7-6-17(27)11-19(22)28/h6-7,10-13,15,20H,8-9,14H2,1-5H3,(H,30,32). The Kier molecular flexibility index (Phi) is 8.89. The first-order chi connectivity index (χ1) is 16.6. The number of aromatic nitrogens is 2. The van der Waals surface area contributed by atoms with Crippen LogP contribution in [0.5, 0.6) is 11.5 Å². The second kappa shape index (κ2) is 11.7. The van der Waals surface area contributed by atoms with E-state index in [2.05, 4.69) is 35.7 Å². The molecule has 2 aromatic carbocycles. The van der Waals surface area contributed by atoms with Crippen LogP contribution in [0.15, 0.2) is 36.5 Å². The maximum absolute atomic E-state index is 14.3. The Hall–Kier alpha value is -2.93. The van der Waals surface area contributed by atoms with Crippen LogP contribution in [0, 0.1) is 17.6 Å². The summed E-state index contributed by atoms with van der Waals surface area (Å²) in [5.74, 6) is -2.61. The molecule has 0 fully saturated rings. The molecule has 0 aliphatic rings. The van der Waals surface area contributed by atoms with Gasteiger partial charge in [0.2, 0.25) is 0 Å². The van der Waals surface area contributed by atoms with Gasteiger partial charge in [-0.2, -0.15) is 0 Å². The quantitative estimate of drug-likeness (QED) is 0.279. The van der Waals surface area contributed by atoms with Crippen LogP contribution in [0.1, 0.15) is 30.6 Å². The van der Waals surface area contributed by atoms with E-state index in [-0.39, 0.29) is 17.1 Å². The van der Waals surface area contributed by atoms with E-state index in [0.29, 0.717) is 35.9 Å². The second-order valence-corrected chi connectivity index (χ2v) is 14.4. The number of methoxy groups -OCH3 is 1. The molecule has 0 spiro atoms. The number of hydrogen-bond acceptors (Lipinski definition) is 5. The molecule has 10 heteroatoms. The summed E-state index contributed by atoms with van der Waals surface area (Å²) in [6.45, 7) is 4.73. The topological polar surface area (TPSA) is 82.5 Å². The number of carbonyl (C=O) groups excluding carboxylic acids is 2. The minimum absolute atomic E-state index is 0.0620. The molecule has 0 saturated heterocycles. The zero-order chi connectivity index (χ0) is 25.7. The first-order valence-electron chi connectivity index (χ1n) is 11.2. The normalized spacial score (nSPS) is 12.3. The van der Waals surface area contributed by atoms with Gasteiger partial charge in [0.15, 0.2) is 0 Å². The number of carbonyl (C=O) groups is 2. The first-order valence-corrected chi connectivity index (χ1v) is 16.3. The molecule has 0 aliphatic carbocycles. The zero-order valence-corrected chi connectivity index (χ0v) is 22.3.